The maximum atomic E-state index is 11.5. The van der Waals surface area contributed by atoms with Gasteiger partial charge in [0.1, 0.15) is 6.67 Å². The Hall–Kier alpha value is -1.62. The zero-order valence-corrected chi connectivity index (χ0v) is 8.35. The van der Waals surface area contributed by atoms with Gasteiger partial charge in [0.15, 0.2) is 5.78 Å². The van der Waals surface area contributed by atoms with Gasteiger partial charge in [-0.2, -0.15) is 0 Å². The quantitative estimate of drug-likeness (QED) is 0.416. The van der Waals surface area contributed by atoms with E-state index in [0.29, 0.717) is 24.9 Å². The highest BCUT2D eigenvalue weighted by Crippen LogP contribution is 2.02. The van der Waals surface area contributed by atoms with E-state index < -0.39 is 0 Å². The molecule has 5 nitrogen and oxygen atoms in total. The highest BCUT2D eigenvalue weighted by Gasteiger charge is 2.04. The Kier molecular flexibility index (Phi) is 5.18. The number of rotatable bonds is 7. The Bertz CT molecular complexity index is 314. The number of Topliss-reactive ketones (excluding diaryl/α,β-unsaturated/α-hetero) is 1. The Morgan fingerprint density at radius 3 is 3.07 bits per heavy atom. The lowest BCUT2D eigenvalue weighted by atomic mass is 10.1. The van der Waals surface area contributed by atoms with Gasteiger partial charge < -0.3 is 0 Å². The van der Waals surface area contributed by atoms with Crippen LogP contribution >= 0.6 is 0 Å². The van der Waals surface area contributed by atoms with Crippen molar-refractivity contribution >= 4 is 5.78 Å². The highest BCUT2D eigenvalue weighted by molar-refractivity contribution is 5.95. The molecule has 1 aromatic rings. The van der Waals surface area contributed by atoms with Crippen LogP contribution in [0.15, 0.2) is 29.7 Å². The Morgan fingerprint density at radius 1 is 1.53 bits per heavy atom. The summed E-state index contributed by atoms with van der Waals surface area (Å²) in [4.78, 5) is 25.1. The predicted octanol–water partition coefficient (Wildman–Crippen LogP) is 1.36. The molecule has 1 heterocycles. The molecule has 80 valence electrons. The van der Waals surface area contributed by atoms with Gasteiger partial charge in [0, 0.05) is 24.4 Å². The Labute approximate surface area is 87.9 Å². The van der Waals surface area contributed by atoms with E-state index in [2.05, 4.69) is 15.5 Å². The summed E-state index contributed by atoms with van der Waals surface area (Å²) in [5.74, 6) is 0.0731. The fourth-order valence-corrected chi connectivity index (χ4v) is 1.17. The van der Waals surface area contributed by atoms with Crippen molar-refractivity contribution in [2.24, 2.45) is 5.18 Å². The minimum atomic E-state index is 0.0731. The molecular weight excluding hydrogens is 194 g/mol. The molecule has 0 aliphatic rings. The average Bonchev–Trinajstić information content (AvgIpc) is 2.30. The summed E-state index contributed by atoms with van der Waals surface area (Å²) in [6.45, 7) is 0.721. The molecule has 15 heavy (non-hydrogen) atoms. The lowest BCUT2D eigenvalue weighted by molar-refractivity contribution is 0.0979. The van der Waals surface area contributed by atoms with E-state index in [9.17, 15) is 9.70 Å². The fraction of sp³-hybridized carbons (Fsp3) is 0.400. The zero-order chi connectivity index (χ0) is 10.9. The number of pyridine rings is 1. The van der Waals surface area contributed by atoms with Gasteiger partial charge in [-0.05, 0) is 25.1 Å². The number of carbonyl (C=O) groups is 1. The van der Waals surface area contributed by atoms with Gasteiger partial charge >= 0.3 is 0 Å². The molecule has 0 spiro atoms. The fourth-order valence-electron chi connectivity index (χ4n) is 1.17. The number of nitrogens with zero attached hydrogens (tertiary/aromatic N) is 2. The van der Waals surface area contributed by atoms with E-state index in [1.165, 1.54) is 0 Å². The van der Waals surface area contributed by atoms with Crippen molar-refractivity contribution < 1.29 is 4.79 Å². The van der Waals surface area contributed by atoms with Crippen LogP contribution in [-0.2, 0) is 0 Å². The molecule has 0 aliphatic heterocycles. The van der Waals surface area contributed by atoms with Crippen molar-refractivity contribution in [3.05, 3.63) is 35.0 Å². The third kappa shape index (κ3) is 4.42. The minimum Gasteiger partial charge on any atom is -0.295 e. The summed E-state index contributed by atoms with van der Waals surface area (Å²) < 4.78 is 0. The molecule has 1 aromatic heterocycles. The highest BCUT2D eigenvalue weighted by atomic mass is 16.3. The SMILES string of the molecule is O=NCNCCCC(=O)c1cccnc1. The van der Waals surface area contributed by atoms with Gasteiger partial charge in [-0.15, -0.1) is 4.91 Å². The number of ketones is 1. The second-order valence-electron chi connectivity index (χ2n) is 3.06. The van der Waals surface area contributed by atoms with Crippen LogP contribution in [0.3, 0.4) is 0 Å². The lowest BCUT2D eigenvalue weighted by Gasteiger charge is -2.00. The summed E-state index contributed by atoms with van der Waals surface area (Å²) in [6, 6.07) is 3.48. The van der Waals surface area contributed by atoms with Gasteiger partial charge in [0.25, 0.3) is 0 Å². The van der Waals surface area contributed by atoms with Gasteiger partial charge in [-0.3, -0.25) is 15.1 Å². The van der Waals surface area contributed by atoms with Crippen LogP contribution in [-0.4, -0.2) is 24.0 Å². The van der Waals surface area contributed by atoms with E-state index in [-0.39, 0.29) is 12.5 Å². The van der Waals surface area contributed by atoms with Gasteiger partial charge in [-0.1, -0.05) is 5.18 Å². The van der Waals surface area contributed by atoms with Crippen molar-refractivity contribution in [2.45, 2.75) is 12.8 Å². The van der Waals surface area contributed by atoms with Crippen LogP contribution in [0.25, 0.3) is 0 Å². The van der Waals surface area contributed by atoms with E-state index in [0.717, 1.165) is 0 Å². The predicted molar refractivity (Wildman–Crippen MR) is 56.5 cm³/mol. The first-order valence-corrected chi connectivity index (χ1v) is 4.77. The number of hydrogen-bond donors (Lipinski definition) is 1. The van der Waals surface area contributed by atoms with Gasteiger partial charge in [0.05, 0.1) is 0 Å². The third-order valence-electron chi connectivity index (χ3n) is 1.92. The number of nitroso groups, excluding NO2 is 1. The first-order valence-electron chi connectivity index (χ1n) is 4.77. The minimum absolute atomic E-state index is 0.0731. The third-order valence-corrected chi connectivity index (χ3v) is 1.92. The van der Waals surface area contributed by atoms with Crippen LogP contribution in [0.1, 0.15) is 23.2 Å². The topological polar surface area (TPSA) is 71.4 Å². The first-order chi connectivity index (χ1) is 7.34. The normalized spacial score (nSPS) is 9.87. The maximum Gasteiger partial charge on any atom is 0.164 e. The van der Waals surface area contributed by atoms with Crippen molar-refractivity contribution in [1.29, 1.82) is 0 Å². The molecule has 0 unspecified atom stereocenters. The Morgan fingerprint density at radius 2 is 2.40 bits per heavy atom. The van der Waals surface area contributed by atoms with Crippen molar-refractivity contribution in [3.63, 3.8) is 0 Å². The Balaban J connectivity index is 2.22. The molecule has 0 fully saturated rings. The van der Waals surface area contributed by atoms with Crippen LogP contribution in [0.4, 0.5) is 0 Å². The van der Waals surface area contributed by atoms with E-state index in [1.54, 1.807) is 24.5 Å². The maximum absolute atomic E-state index is 11.5. The molecule has 0 bridgehead atoms. The second-order valence-corrected chi connectivity index (χ2v) is 3.06. The summed E-state index contributed by atoms with van der Waals surface area (Å²) in [5, 5.41) is 5.45. The molecule has 0 radical (unpaired) electrons. The smallest absolute Gasteiger partial charge is 0.164 e. The average molecular weight is 207 g/mol. The summed E-state index contributed by atoms with van der Waals surface area (Å²) in [6.07, 6.45) is 4.34. The summed E-state index contributed by atoms with van der Waals surface area (Å²) in [7, 11) is 0. The molecule has 0 aromatic carbocycles. The van der Waals surface area contributed by atoms with E-state index in [4.69, 9.17) is 0 Å². The van der Waals surface area contributed by atoms with Gasteiger partial charge in [0.2, 0.25) is 0 Å². The molecule has 0 amide bonds. The molecule has 0 atom stereocenters. The summed E-state index contributed by atoms with van der Waals surface area (Å²) >= 11 is 0. The molecular formula is C10H13N3O2. The van der Waals surface area contributed by atoms with Crippen LogP contribution in [0.5, 0.6) is 0 Å². The van der Waals surface area contributed by atoms with Crippen molar-refractivity contribution in [2.75, 3.05) is 13.2 Å². The van der Waals surface area contributed by atoms with E-state index >= 15 is 0 Å². The van der Waals surface area contributed by atoms with Crippen LogP contribution in [0, 0.1) is 4.91 Å². The van der Waals surface area contributed by atoms with E-state index in [1.807, 2.05) is 0 Å². The molecule has 5 heteroatoms. The number of hydrogen-bond acceptors (Lipinski definition) is 5. The monoisotopic (exact) mass is 207 g/mol. The molecule has 0 saturated heterocycles. The number of nitrogens with one attached hydrogen (secondary N) is 1. The summed E-state index contributed by atoms with van der Waals surface area (Å²) in [5.41, 5.74) is 0.631. The number of aromatic nitrogens is 1. The molecule has 0 aliphatic carbocycles. The number of carbonyl (C=O) groups excluding carboxylic acids is 1. The van der Waals surface area contributed by atoms with Gasteiger partial charge in [-0.25, -0.2) is 0 Å². The lowest BCUT2D eigenvalue weighted by Crippen LogP contribution is -2.15. The van der Waals surface area contributed by atoms with Crippen LogP contribution < -0.4 is 5.32 Å². The first kappa shape index (κ1) is 11.5. The molecule has 1 N–H and O–H groups in total. The molecule has 1 rings (SSSR count). The zero-order valence-electron chi connectivity index (χ0n) is 8.35. The standard InChI is InChI=1S/C10H13N3O2/c14-10(4-2-6-12-8-13-15)9-3-1-5-11-7-9/h1,3,5,7,12H,2,4,6,8H2. The second kappa shape index (κ2) is 6.78. The van der Waals surface area contributed by atoms with Crippen LogP contribution in [0.2, 0.25) is 0 Å². The largest absolute Gasteiger partial charge is 0.295 e. The van der Waals surface area contributed by atoms with Crippen molar-refractivity contribution in [1.82, 2.24) is 10.3 Å². The molecule has 0 saturated carbocycles. The van der Waals surface area contributed by atoms with Crippen molar-refractivity contribution in [3.8, 4) is 0 Å².